The SMILES string of the molecule is C=C(COCCCCC(F)(F)C(F)(F)S(=O)(=O)O)C(=O)O. The maximum Gasteiger partial charge on any atom is 0.431 e. The zero-order chi connectivity index (χ0) is 16.9. The second-order valence-corrected chi connectivity index (χ2v) is 5.58. The largest absolute Gasteiger partial charge is 0.478 e. The van der Waals surface area contributed by atoms with Crippen LogP contribution in [0.25, 0.3) is 0 Å². The zero-order valence-corrected chi connectivity index (χ0v) is 11.5. The number of carboxylic acids is 1. The Labute approximate surface area is 118 Å². The summed E-state index contributed by atoms with van der Waals surface area (Å²) in [5.74, 6) is -6.22. The van der Waals surface area contributed by atoms with Crippen LogP contribution in [0.5, 0.6) is 0 Å². The molecular formula is C10H14F4O6S. The van der Waals surface area contributed by atoms with Crippen molar-refractivity contribution in [1.29, 1.82) is 0 Å². The average molecular weight is 338 g/mol. The van der Waals surface area contributed by atoms with Crippen molar-refractivity contribution in [1.82, 2.24) is 0 Å². The molecule has 0 atom stereocenters. The quantitative estimate of drug-likeness (QED) is 0.273. The Morgan fingerprint density at radius 3 is 2.14 bits per heavy atom. The lowest BCUT2D eigenvalue weighted by Gasteiger charge is -2.23. The van der Waals surface area contributed by atoms with Crippen LogP contribution in [0.2, 0.25) is 0 Å². The highest BCUT2D eigenvalue weighted by atomic mass is 32.2. The molecule has 0 radical (unpaired) electrons. The summed E-state index contributed by atoms with van der Waals surface area (Å²) in [7, 11) is -6.22. The highest BCUT2D eigenvalue weighted by Crippen LogP contribution is 2.41. The van der Waals surface area contributed by atoms with Gasteiger partial charge in [-0.15, -0.1) is 0 Å². The van der Waals surface area contributed by atoms with Crippen LogP contribution in [0.1, 0.15) is 19.3 Å². The van der Waals surface area contributed by atoms with Gasteiger partial charge in [0.1, 0.15) is 0 Å². The second-order valence-electron chi connectivity index (χ2n) is 4.11. The first kappa shape index (κ1) is 19.8. The van der Waals surface area contributed by atoms with Crippen LogP contribution in [-0.4, -0.2) is 48.4 Å². The molecule has 0 aromatic carbocycles. The van der Waals surface area contributed by atoms with Gasteiger partial charge in [0, 0.05) is 13.0 Å². The van der Waals surface area contributed by atoms with E-state index in [0.717, 1.165) is 0 Å². The van der Waals surface area contributed by atoms with Gasteiger partial charge in [-0.05, 0) is 12.8 Å². The average Bonchev–Trinajstić information content (AvgIpc) is 2.31. The second kappa shape index (κ2) is 7.18. The molecule has 0 aliphatic carbocycles. The summed E-state index contributed by atoms with van der Waals surface area (Å²) in [6, 6.07) is 0. The molecule has 0 aliphatic heterocycles. The monoisotopic (exact) mass is 338 g/mol. The molecule has 0 fully saturated rings. The molecule has 0 saturated carbocycles. The van der Waals surface area contributed by atoms with E-state index in [9.17, 15) is 30.8 Å². The minimum atomic E-state index is -6.22. The lowest BCUT2D eigenvalue weighted by molar-refractivity contribution is -0.165. The standard InChI is InChI=1S/C10H14F4O6S/c1-7(8(15)16)6-20-5-3-2-4-9(11,12)10(13,14)21(17,18)19/h1-6H2,(H,15,16)(H,17,18,19). The molecule has 0 rings (SSSR count). The first-order chi connectivity index (χ1) is 9.33. The van der Waals surface area contributed by atoms with Crippen LogP contribution >= 0.6 is 0 Å². The van der Waals surface area contributed by atoms with Gasteiger partial charge < -0.3 is 9.84 Å². The molecule has 0 spiro atoms. The predicted octanol–water partition coefficient (Wildman–Crippen LogP) is 1.93. The number of carboxylic acid groups (broad SMARTS) is 1. The molecule has 0 saturated heterocycles. The summed E-state index contributed by atoms with van der Waals surface area (Å²) in [6.45, 7) is 2.58. The normalized spacial score (nSPS) is 13.2. The summed E-state index contributed by atoms with van der Waals surface area (Å²) >= 11 is 0. The van der Waals surface area contributed by atoms with Crippen LogP contribution in [0, 0.1) is 0 Å². The zero-order valence-electron chi connectivity index (χ0n) is 10.7. The fourth-order valence-electron chi connectivity index (χ4n) is 1.14. The molecule has 0 heterocycles. The maximum atomic E-state index is 13.0. The van der Waals surface area contributed by atoms with Crippen LogP contribution in [0.3, 0.4) is 0 Å². The smallest absolute Gasteiger partial charge is 0.431 e. The van der Waals surface area contributed by atoms with Crippen LogP contribution in [0.4, 0.5) is 17.6 Å². The van der Waals surface area contributed by atoms with Crippen molar-refractivity contribution < 1.29 is 45.2 Å². The number of alkyl halides is 4. The molecule has 0 aromatic heterocycles. The fourth-order valence-corrected chi connectivity index (χ4v) is 1.62. The number of ether oxygens (including phenoxy) is 1. The van der Waals surface area contributed by atoms with E-state index in [1.807, 2.05) is 0 Å². The third kappa shape index (κ3) is 5.59. The predicted molar refractivity (Wildman–Crippen MR) is 62.9 cm³/mol. The van der Waals surface area contributed by atoms with Crippen molar-refractivity contribution in [3.05, 3.63) is 12.2 Å². The van der Waals surface area contributed by atoms with Crippen molar-refractivity contribution in [2.24, 2.45) is 0 Å². The Morgan fingerprint density at radius 1 is 1.19 bits per heavy atom. The van der Waals surface area contributed by atoms with Crippen LogP contribution in [-0.2, 0) is 19.6 Å². The van der Waals surface area contributed by atoms with Crippen molar-refractivity contribution in [3.8, 4) is 0 Å². The van der Waals surface area contributed by atoms with Crippen molar-refractivity contribution in [2.45, 2.75) is 30.4 Å². The Morgan fingerprint density at radius 2 is 1.71 bits per heavy atom. The summed E-state index contributed by atoms with van der Waals surface area (Å²) in [5, 5.41) is 2.84. The minimum Gasteiger partial charge on any atom is -0.478 e. The topological polar surface area (TPSA) is 101 Å². The Balaban J connectivity index is 4.18. The number of hydrogen-bond donors (Lipinski definition) is 2. The van der Waals surface area contributed by atoms with E-state index in [4.69, 9.17) is 14.4 Å². The van der Waals surface area contributed by atoms with Gasteiger partial charge in [-0.1, -0.05) is 6.58 Å². The van der Waals surface area contributed by atoms with Crippen molar-refractivity contribution in [3.63, 3.8) is 0 Å². The highest BCUT2D eigenvalue weighted by Gasteiger charge is 2.64. The molecular weight excluding hydrogens is 324 g/mol. The van der Waals surface area contributed by atoms with E-state index in [1.54, 1.807) is 0 Å². The third-order valence-electron chi connectivity index (χ3n) is 2.36. The van der Waals surface area contributed by atoms with Gasteiger partial charge in [0.25, 0.3) is 0 Å². The molecule has 6 nitrogen and oxygen atoms in total. The molecule has 2 N–H and O–H groups in total. The van der Waals surface area contributed by atoms with Crippen molar-refractivity contribution in [2.75, 3.05) is 13.2 Å². The van der Waals surface area contributed by atoms with E-state index >= 15 is 0 Å². The van der Waals surface area contributed by atoms with E-state index in [2.05, 4.69) is 6.58 Å². The molecule has 0 unspecified atom stereocenters. The summed E-state index contributed by atoms with van der Waals surface area (Å²) in [4.78, 5) is 10.3. The van der Waals surface area contributed by atoms with Gasteiger partial charge in [-0.3, -0.25) is 4.55 Å². The molecule has 0 aromatic rings. The number of aliphatic carboxylic acids is 1. The molecule has 0 amide bonds. The van der Waals surface area contributed by atoms with E-state index in [0.29, 0.717) is 0 Å². The van der Waals surface area contributed by atoms with Gasteiger partial charge in [0.15, 0.2) is 0 Å². The highest BCUT2D eigenvalue weighted by molar-refractivity contribution is 7.87. The Kier molecular flexibility index (Phi) is 6.77. The summed E-state index contributed by atoms with van der Waals surface area (Å²) < 4.78 is 84.9. The number of carbonyl (C=O) groups is 1. The number of hydrogen-bond acceptors (Lipinski definition) is 4. The van der Waals surface area contributed by atoms with Gasteiger partial charge in [0.2, 0.25) is 0 Å². The summed E-state index contributed by atoms with van der Waals surface area (Å²) in [6.07, 6.45) is -2.13. The molecule has 0 aliphatic rings. The van der Waals surface area contributed by atoms with E-state index < -0.39 is 40.1 Å². The molecule has 11 heteroatoms. The number of unbranched alkanes of at least 4 members (excludes halogenated alkanes) is 1. The molecule has 0 bridgehead atoms. The first-order valence-corrected chi connectivity index (χ1v) is 6.98. The van der Waals surface area contributed by atoms with Gasteiger partial charge in [-0.2, -0.15) is 26.0 Å². The Hall–Kier alpha value is -1.20. The van der Waals surface area contributed by atoms with Gasteiger partial charge in [-0.25, -0.2) is 4.79 Å². The molecule has 21 heavy (non-hydrogen) atoms. The fraction of sp³-hybridized carbons (Fsp3) is 0.700. The maximum absolute atomic E-state index is 13.0. The molecule has 124 valence electrons. The number of halogens is 4. The van der Waals surface area contributed by atoms with Crippen LogP contribution in [0.15, 0.2) is 12.2 Å². The number of rotatable bonds is 10. The van der Waals surface area contributed by atoms with Gasteiger partial charge in [0.05, 0.1) is 12.2 Å². The van der Waals surface area contributed by atoms with E-state index in [1.165, 1.54) is 0 Å². The van der Waals surface area contributed by atoms with Crippen LogP contribution < -0.4 is 0 Å². The van der Waals surface area contributed by atoms with Gasteiger partial charge >= 0.3 is 27.3 Å². The lowest BCUT2D eigenvalue weighted by atomic mass is 10.1. The minimum absolute atomic E-state index is 0.135. The summed E-state index contributed by atoms with van der Waals surface area (Å²) in [5.41, 5.74) is -0.266. The first-order valence-electron chi connectivity index (χ1n) is 5.54. The van der Waals surface area contributed by atoms with E-state index in [-0.39, 0.29) is 25.2 Å². The third-order valence-corrected chi connectivity index (χ3v) is 3.30. The van der Waals surface area contributed by atoms with Crippen molar-refractivity contribution >= 4 is 16.1 Å². The lowest BCUT2D eigenvalue weighted by Crippen LogP contribution is -2.46. The Bertz CT molecular complexity index is 488.